The highest BCUT2D eigenvalue weighted by molar-refractivity contribution is 7.98. The van der Waals surface area contributed by atoms with Gasteiger partial charge in [0.25, 0.3) is 0 Å². The van der Waals surface area contributed by atoms with Crippen LogP contribution in [-0.2, 0) is 28.2 Å². The van der Waals surface area contributed by atoms with Crippen LogP contribution < -0.4 is 5.73 Å². The van der Waals surface area contributed by atoms with Gasteiger partial charge < -0.3 is 10.5 Å². The average Bonchev–Trinajstić information content (AvgIpc) is 2.75. The highest BCUT2D eigenvalue weighted by atomic mass is 35.5. The van der Waals surface area contributed by atoms with E-state index >= 15 is 0 Å². The van der Waals surface area contributed by atoms with Gasteiger partial charge in [0.05, 0.1) is 23.0 Å². The summed E-state index contributed by atoms with van der Waals surface area (Å²) in [6, 6.07) is -0.595. The molecule has 20 heavy (non-hydrogen) atoms. The number of aryl methyl sites for hydroxylation is 2. The molecule has 0 amide bonds. The second-order valence-corrected chi connectivity index (χ2v) is 5.66. The second kappa shape index (κ2) is 8.54. The molecule has 7 heteroatoms. The van der Waals surface area contributed by atoms with Crippen molar-refractivity contribution in [3.63, 3.8) is 0 Å². The third-order valence-electron chi connectivity index (χ3n) is 2.82. The Balaban J connectivity index is 2.57. The predicted octanol–water partition coefficient (Wildman–Crippen LogP) is 2.24. The van der Waals surface area contributed by atoms with Gasteiger partial charge in [-0.1, -0.05) is 18.5 Å². The minimum Gasteiger partial charge on any atom is -0.465 e. The number of nitrogens with zero attached hydrogens (tertiary/aromatic N) is 2. The number of carbonyl (C=O) groups excluding carboxylic acids is 1. The first-order valence-electron chi connectivity index (χ1n) is 6.79. The lowest BCUT2D eigenvalue weighted by molar-refractivity contribution is -0.144. The Morgan fingerprint density at radius 3 is 2.75 bits per heavy atom. The average molecular weight is 320 g/mol. The van der Waals surface area contributed by atoms with Crippen molar-refractivity contribution < 1.29 is 9.53 Å². The Kier molecular flexibility index (Phi) is 7.40. The maximum atomic E-state index is 11.4. The summed E-state index contributed by atoms with van der Waals surface area (Å²) >= 11 is 7.88. The second-order valence-electron chi connectivity index (χ2n) is 4.25. The molecule has 1 heterocycles. The standard InChI is InChI=1S/C13H22ClN3O2S/c1-4-10-12(14)11(17(5-2)16-10)8-20-7-9(15)13(18)19-6-3/h9H,4-8,15H2,1-3H3. The SMILES string of the molecule is CCOC(=O)C(N)CSCc1c(Cl)c(CC)nn1CC. The predicted molar refractivity (Wildman–Crippen MR) is 83.1 cm³/mol. The van der Waals surface area contributed by atoms with E-state index in [1.165, 1.54) is 0 Å². The van der Waals surface area contributed by atoms with Crippen LogP contribution in [0, 0.1) is 0 Å². The zero-order chi connectivity index (χ0) is 15.1. The van der Waals surface area contributed by atoms with Crippen LogP contribution in [0.2, 0.25) is 5.02 Å². The fourth-order valence-electron chi connectivity index (χ4n) is 1.76. The van der Waals surface area contributed by atoms with Crippen LogP contribution in [0.15, 0.2) is 0 Å². The van der Waals surface area contributed by atoms with Crippen molar-refractivity contribution in [1.29, 1.82) is 0 Å². The van der Waals surface area contributed by atoms with Crippen molar-refractivity contribution in [3.05, 3.63) is 16.4 Å². The maximum Gasteiger partial charge on any atom is 0.323 e. The number of carbonyl (C=O) groups is 1. The lowest BCUT2D eigenvalue weighted by Gasteiger charge is -2.10. The molecule has 0 radical (unpaired) electrons. The van der Waals surface area contributed by atoms with E-state index in [1.807, 2.05) is 18.5 Å². The Morgan fingerprint density at radius 2 is 2.20 bits per heavy atom. The van der Waals surface area contributed by atoms with E-state index in [0.29, 0.717) is 18.1 Å². The normalized spacial score (nSPS) is 12.4. The first-order chi connectivity index (χ1) is 9.54. The van der Waals surface area contributed by atoms with E-state index in [0.717, 1.165) is 29.4 Å². The highest BCUT2D eigenvalue weighted by Crippen LogP contribution is 2.25. The zero-order valence-electron chi connectivity index (χ0n) is 12.2. The number of rotatable bonds is 8. The van der Waals surface area contributed by atoms with Crippen molar-refractivity contribution in [3.8, 4) is 0 Å². The van der Waals surface area contributed by atoms with Crippen LogP contribution >= 0.6 is 23.4 Å². The van der Waals surface area contributed by atoms with E-state index in [4.69, 9.17) is 22.1 Å². The van der Waals surface area contributed by atoms with Crippen molar-refractivity contribution in [2.75, 3.05) is 12.4 Å². The molecule has 1 aromatic heterocycles. The summed E-state index contributed by atoms with van der Waals surface area (Å²) in [4.78, 5) is 11.4. The first-order valence-corrected chi connectivity index (χ1v) is 8.32. The van der Waals surface area contributed by atoms with E-state index in [2.05, 4.69) is 5.10 Å². The molecule has 0 bridgehead atoms. The molecule has 114 valence electrons. The third kappa shape index (κ3) is 4.40. The molecule has 0 aliphatic rings. The molecule has 0 saturated carbocycles. The largest absolute Gasteiger partial charge is 0.465 e. The van der Waals surface area contributed by atoms with Crippen LogP contribution in [0.4, 0.5) is 0 Å². The molecule has 1 atom stereocenters. The molecular formula is C13H22ClN3O2S. The van der Waals surface area contributed by atoms with Crippen LogP contribution in [0.1, 0.15) is 32.2 Å². The molecule has 1 rings (SSSR count). The van der Waals surface area contributed by atoms with Gasteiger partial charge in [0.2, 0.25) is 0 Å². The number of hydrogen-bond acceptors (Lipinski definition) is 5. The number of halogens is 1. The van der Waals surface area contributed by atoms with Crippen LogP contribution in [-0.4, -0.2) is 34.2 Å². The van der Waals surface area contributed by atoms with Gasteiger partial charge in [0, 0.05) is 18.1 Å². The van der Waals surface area contributed by atoms with E-state index < -0.39 is 6.04 Å². The number of esters is 1. The van der Waals surface area contributed by atoms with Gasteiger partial charge >= 0.3 is 5.97 Å². The van der Waals surface area contributed by atoms with E-state index in [1.54, 1.807) is 18.7 Å². The summed E-state index contributed by atoms with van der Waals surface area (Å²) in [5.74, 6) is 0.836. The molecule has 0 saturated heterocycles. The summed E-state index contributed by atoms with van der Waals surface area (Å²) in [6.45, 7) is 6.96. The Morgan fingerprint density at radius 1 is 1.50 bits per heavy atom. The molecule has 5 nitrogen and oxygen atoms in total. The number of aromatic nitrogens is 2. The number of ether oxygens (including phenoxy) is 1. The molecule has 0 aliphatic carbocycles. The van der Waals surface area contributed by atoms with Crippen molar-refractivity contribution in [1.82, 2.24) is 9.78 Å². The fraction of sp³-hybridized carbons (Fsp3) is 0.692. The van der Waals surface area contributed by atoms with Crippen molar-refractivity contribution in [2.24, 2.45) is 5.73 Å². The van der Waals surface area contributed by atoms with Gasteiger partial charge in [-0.3, -0.25) is 9.48 Å². The minimum absolute atomic E-state index is 0.353. The van der Waals surface area contributed by atoms with Gasteiger partial charge in [-0.05, 0) is 20.3 Å². The van der Waals surface area contributed by atoms with Gasteiger partial charge in [-0.25, -0.2) is 0 Å². The molecule has 1 unspecified atom stereocenters. The first kappa shape index (κ1) is 17.3. The van der Waals surface area contributed by atoms with Crippen molar-refractivity contribution >= 4 is 29.3 Å². The van der Waals surface area contributed by atoms with Gasteiger partial charge in [-0.15, -0.1) is 0 Å². The summed E-state index contributed by atoms with van der Waals surface area (Å²) in [7, 11) is 0. The Bertz CT molecular complexity index is 451. The maximum absolute atomic E-state index is 11.4. The lowest BCUT2D eigenvalue weighted by atomic mass is 10.3. The van der Waals surface area contributed by atoms with Gasteiger partial charge in [-0.2, -0.15) is 16.9 Å². The van der Waals surface area contributed by atoms with Crippen molar-refractivity contribution in [2.45, 2.75) is 45.5 Å². The quantitative estimate of drug-likeness (QED) is 0.744. The molecule has 1 aromatic rings. The molecule has 2 N–H and O–H groups in total. The summed E-state index contributed by atoms with van der Waals surface area (Å²) in [6.07, 6.45) is 0.811. The highest BCUT2D eigenvalue weighted by Gasteiger charge is 2.17. The molecule has 0 aromatic carbocycles. The zero-order valence-corrected chi connectivity index (χ0v) is 13.8. The number of nitrogens with two attached hydrogens (primary N) is 1. The lowest BCUT2D eigenvalue weighted by Crippen LogP contribution is -2.34. The van der Waals surface area contributed by atoms with Crippen LogP contribution in [0.25, 0.3) is 0 Å². The Labute approximate surface area is 129 Å². The molecule has 0 aliphatic heterocycles. The Hall–Kier alpha value is -0.720. The van der Waals surface area contributed by atoms with Crippen LogP contribution in [0.3, 0.4) is 0 Å². The number of hydrogen-bond donors (Lipinski definition) is 1. The topological polar surface area (TPSA) is 70.1 Å². The van der Waals surface area contributed by atoms with Gasteiger partial charge in [0.15, 0.2) is 0 Å². The van der Waals surface area contributed by atoms with E-state index in [9.17, 15) is 4.79 Å². The molecule has 0 fully saturated rings. The summed E-state index contributed by atoms with van der Waals surface area (Å²) < 4.78 is 6.78. The van der Waals surface area contributed by atoms with Gasteiger partial charge in [0.1, 0.15) is 6.04 Å². The number of thioether (sulfide) groups is 1. The van der Waals surface area contributed by atoms with Crippen LogP contribution in [0.5, 0.6) is 0 Å². The monoisotopic (exact) mass is 319 g/mol. The molecular weight excluding hydrogens is 298 g/mol. The molecule has 0 spiro atoms. The summed E-state index contributed by atoms with van der Waals surface area (Å²) in [5.41, 5.74) is 7.66. The smallest absolute Gasteiger partial charge is 0.323 e. The summed E-state index contributed by atoms with van der Waals surface area (Å²) in [5, 5.41) is 5.19. The third-order valence-corrected chi connectivity index (χ3v) is 4.33. The minimum atomic E-state index is -0.595. The van der Waals surface area contributed by atoms with E-state index in [-0.39, 0.29) is 5.97 Å². The fourth-order valence-corrected chi connectivity index (χ4v) is 3.16.